The predicted octanol–water partition coefficient (Wildman–Crippen LogP) is 13.6. The summed E-state index contributed by atoms with van der Waals surface area (Å²) in [5.41, 5.74) is 12.6. The number of ether oxygens (including phenoxy) is 1. The van der Waals surface area contributed by atoms with Crippen molar-refractivity contribution in [1.29, 1.82) is 0 Å². The Labute approximate surface area is 401 Å². The van der Waals surface area contributed by atoms with Gasteiger partial charge in [0.15, 0.2) is 0 Å². The van der Waals surface area contributed by atoms with Crippen LogP contribution < -0.4 is 9.30 Å². The van der Waals surface area contributed by atoms with Crippen molar-refractivity contribution >= 4 is 76.5 Å². The first-order valence-corrected chi connectivity index (χ1v) is 22.4. The van der Waals surface area contributed by atoms with Crippen molar-refractivity contribution in [2.24, 2.45) is 7.05 Å². The number of hydrogen-bond acceptors (Lipinski definition) is 2. The summed E-state index contributed by atoms with van der Waals surface area (Å²) in [6, 6.07) is 69.4. The molecule has 67 heavy (non-hydrogen) atoms. The number of aryl methyl sites for hydroxylation is 1. The zero-order valence-electron chi connectivity index (χ0n) is 37.2. The van der Waals surface area contributed by atoms with Crippen LogP contribution in [0.15, 0.2) is 182 Å². The number of nitrogens with zero attached hydrogens (tertiary/aromatic N) is 6. The van der Waals surface area contributed by atoms with E-state index in [9.17, 15) is 0 Å². The monoisotopic (exact) mass is 1050 g/mol. The largest absolute Gasteiger partial charge is 0.510 e. The minimum Gasteiger partial charge on any atom is -0.510 e. The van der Waals surface area contributed by atoms with Crippen LogP contribution >= 0.6 is 0 Å². The Hall–Kier alpha value is -7.73. The second kappa shape index (κ2) is 15.4. The van der Waals surface area contributed by atoms with Crippen LogP contribution in [0.3, 0.4) is 0 Å². The quantitative estimate of drug-likeness (QED) is 0.123. The van der Waals surface area contributed by atoms with E-state index in [1.165, 1.54) is 27.1 Å². The summed E-state index contributed by atoms with van der Waals surface area (Å²) in [7, 11) is 2.01. The minimum atomic E-state index is -0.129. The standard InChI is InChI=1S/C59H42N6O.Pt/c1-59(2,3)38-32-33-60-52(34-38)65-51-36-43(66-42-23-17-22-41(35-42)62-37-61(4)49-28-15-16-29-50(49)62)30-31-46(51)55-56-53(44-24-11-13-26-47(44)63(56)39-18-7-5-8-19-39)54-45-25-12-14-27-48(45)64(57(54)58(55)65)40-20-9-6-10-21-40;/h5-34H,1-4H3;/q-2;. The normalized spacial score (nSPS) is 12.1. The van der Waals surface area contributed by atoms with E-state index in [1.54, 1.807) is 0 Å². The van der Waals surface area contributed by atoms with E-state index in [0.717, 1.165) is 77.8 Å². The summed E-state index contributed by atoms with van der Waals surface area (Å²) in [5, 5.41) is 6.90. The van der Waals surface area contributed by atoms with Crippen molar-refractivity contribution in [3.8, 4) is 34.4 Å². The van der Waals surface area contributed by atoms with Gasteiger partial charge in [-0.25, -0.2) is 4.98 Å². The smallest absolute Gasteiger partial charge is 0.242 e. The minimum absolute atomic E-state index is 0. The molecule has 0 saturated heterocycles. The average molecular weight is 1050 g/mol. The van der Waals surface area contributed by atoms with Gasteiger partial charge in [-0.15, -0.1) is 24.3 Å². The molecule has 0 saturated carbocycles. The molecule has 8 heteroatoms. The van der Waals surface area contributed by atoms with Gasteiger partial charge in [0.2, 0.25) is 6.33 Å². The van der Waals surface area contributed by atoms with Gasteiger partial charge in [-0.05, 0) is 64.9 Å². The fraction of sp³-hybridized carbons (Fsp3) is 0.0847. The summed E-state index contributed by atoms with van der Waals surface area (Å²) in [6.07, 6.45) is 5.39. The van der Waals surface area contributed by atoms with E-state index < -0.39 is 0 Å². The van der Waals surface area contributed by atoms with E-state index >= 15 is 0 Å². The fourth-order valence-corrected chi connectivity index (χ4v) is 10.2. The van der Waals surface area contributed by atoms with E-state index in [2.05, 4.69) is 192 Å². The molecule has 0 bridgehead atoms. The molecule has 0 aliphatic heterocycles. The number of hydrogen-bond donors (Lipinski definition) is 0. The molecule has 0 spiro atoms. The zero-order chi connectivity index (χ0) is 44.3. The van der Waals surface area contributed by atoms with Crippen LogP contribution in [-0.4, -0.2) is 23.3 Å². The first kappa shape index (κ1) is 40.8. The summed E-state index contributed by atoms with van der Waals surface area (Å²) in [6.45, 7) is 6.76. The number of imidazole rings is 1. The Morgan fingerprint density at radius 1 is 0.522 bits per heavy atom. The molecule has 13 aromatic rings. The second-order valence-corrected chi connectivity index (χ2v) is 18.1. The number of fused-ring (bicyclic) bond motifs is 13. The second-order valence-electron chi connectivity index (χ2n) is 18.1. The predicted molar refractivity (Wildman–Crippen MR) is 267 cm³/mol. The fourth-order valence-electron chi connectivity index (χ4n) is 10.2. The SMILES string of the molecule is Cn1[c-][n+](-c2[c-]c(Oc3[c-]c4c(cc3)c3c(c5c(c6ccccc6n5-c5ccccc5)c5c6ccccc6n(-c6ccccc6)c53)n4-c3cc(C(C)(C)C)ccn3)ccc2)c2ccccc21.[Pt]. The molecule has 326 valence electrons. The van der Waals surface area contributed by atoms with Crippen molar-refractivity contribution in [2.75, 3.05) is 0 Å². The Morgan fingerprint density at radius 3 is 1.79 bits per heavy atom. The number of para-hydroxylation sites is 6. The molecule has 0 amide bonds. The third-order valence-corrected chi connectivity index (χ3v) is 13.1. The number of pyridine rings is 1. The first-order valence-electron chi connectivity index (χ1n) is 22.4. The maximum Gasteiger partial charge on any atom is 0.242 e. The van der Waals surface area contributed by atoms with E-state index in [-0.39, 0.29) is 26.5 Å². The van der Waals surface area contributed by atoms with Gasteiger partial charge >= 0.3 is 0 Å². The van der Waals surface area contributed by atoms with E-state index in [0.29, 0.717) is 11.5 Å². The van der Waals surface area contributed by atoms with Gasteiger partial charge < -0.3 is 27.6 Å². The van der Waals surface area contributed by atoms with Crippen molar-refractivity contribution in [2.45, 2.75) is 26.2 Å². The Kier molecular flexibility index (Phi) is 9.39. The number of rotatable bonds is 6. The summed E-state index contributed by atoms with van der Waals surface area (Å²) >= 11 is 0. The molecule has 0 unspecified atom stereocenters. The molecule has 0 aliphatic rings. The summed E-state index contributed by atoms with van der Waals surface area (Å²) in [4.78, 5) is 5.22. The molecule has 5 heterocycles. The van der Waals surface area contributed by atoms with Crippen LogP contribution in [0.4, 0.5) is 0 Å². The van der Waals surface area contributed by atoms with Crippen molar-refractivity contribution in [3.63, 3.8) is 0 Å². The first-order chi connectivity index (χ1) is 32.3. The third kappa shape index (κ3) is 6.22. The topological polar surface area (TPSA) is 45.7 Å². The summed E-state index contributed by atoms with van der Waals surface area (Å²) in [5.74, 6) is 1.95. The molecular weight excluding hydrogens is 1000 g/mol. The molecule has 7 nitrogen and oxygen atoms in total. The molecule has 0 radical (unpaired) electrons. The van der Waals surface area contributed by atoms with Gasteiger partial charge in [-0.2, -0.15) is 18.2 Å². The van der Waals surface area contributed by atoms with Crippen molar-refractivity contribution < 1.29 is 30.4 Å². The van der Waals surface area contributed by atoms with Gasteiger partial charge in [0.05, 0.1) is 45.7 Å². The molecule has 0 atom stereocenters. The van der Waals surface area contributed by atoms with Gasteiger partial charge in [0, 0.05) is 71.7 Å². The van der Waals surface area contributed by atoms with Gasteiger partial charge in [0.25, 0.3) is 0 Å². The van der Waals surface area contributed by atoms with Gasteiger partial charge in [-0.3, -0.25) is 0 Å². The zero-order valence-corrected chi connectivity index (χ0v) is 39.5. The Bertz CT molecular complexity index is 4080. The van der Waals surface area contributed by atoms with E-state index in [4.69, 9.17) is 9.72 Å². The van der Waals surface area contributed by atoms with Crippen LogP contribution in [0.5, 0.6) is 11.5 Å². The molecule has 0 aliphatic carbocycles. The Morgan fingerprint density at radius 2 is 1.10 bits per heavy atom. The van der Waals surface area contributed by atoms with Crippen LogP contribution in [0, 0.1) is 18.5 Å². The van der Waals surface area contributed by atoms with Crippen LogP contribution in [0.25, 0.3) is 99.3 Å². The maximum absolute atomic E-state index is 6.80. The Balaban J connectivity index is 0.00000468. The number of aromatic nitrogens is 6. The van der Waals surface area contributed by atoms with Gasteiger partial charge in [-0.1, -0.05) is 134 Å². The van der Waals surface area contributed by atoms with E-state index in [1.807, 2.05) is 58.8 Å². The third-order valence-electron chi connectivity index (χ3n) is 13.1. The maximum atomic E-state index is 6.80. The molecular formula is C59H42N6OPt-2. The van der Waals surface area contributed by atoms with Crippen molar-refractivity contribution in [3.05, 3.63) is 206 Å². The molecule has 0 N–H and O–H groups in total. The summed E-state index contributed by atoms with van der Waals surface area (Å²) < 4.78 is 18.1. The molecule has 0 fully saturated rings. The average Bonchev–Trinajstić information content (AvgIpc) is 4.08. The molecule has 5 aromatic heterocycles. The van der Waals surface area contributed by atoms with Crippen LogP contribution in [0.2, 0.25) is 0 Å². The van der Waals surface area contributed by atoms with Crippen molar-refractivity contribution in [1.82, 2.24) is 23.3 Å². The van der Waals surface area contributed by atoms with Crippen LogP contribution in [0.1, 0.15) is 26.3 Å². The number of benzene rings is 8. The van der Waals surface area contributed by atoms with Crippen LogP contribution in [-0.2, 0) is 33.5 Å². The molecule has 8 aromatic carbocycles. The molecule has 13 rings (SSSR count). The van der Waals surface area contributed by atoms with Gasteiger partial charge in [0.1, 0.15) is 5.82 Å².